The Labute approximate surface area is 226 Å². The molecule has 40 heavy (non-hydrogen) atoms. The highest BCUT2D eigenvalue weighted by Crippen LogP contribution is 2.49. The number of aliphatic hydroxyl groups is 2. The van der Waals surface area contributed by atoms with E-state index in [-0.39, 0.29) is 17.3 Å². The van der Waals surface area contributed by atoms with E-state index in [0.29, 0.717) is 10.9 Å². The van der Waals surface area contributed by atoms with Crippen molar-refractivity contribution >= 4 is 35.8 Å². The molecule has 5 rings (SSSR count). The first-order chi connectivity index (χ1) is 19.1. The molecule has 212 valence electrons. The second-order valence-electron chi connectivity index (χ2n) is 9.40. The van der Waals surface area contributed by atoms with Crippen LogP contribution in [0.5, 0.6) is 5.75 Å². The summed E-state index contributed by atoms with van der Waals surface area (Å²) < 4.78 is 46.9. The minimum atomic E-state index is -4.55. The lowest BCUT2D eigenvalue weighted by Crippen LogP contribution is -2.49. The number of carbonyl (C=O) groups is 1. The fraction of sp³-hybridized carbons (Fsp3) is 0.320. The molecule has 2 unspecified atom stereocenters. The van der Waals surface area contributed by atoms with Crippen LogP contribution in [0.2, 0.25) is 0 Å². The number of ether oxygens (including phenoxy) is 1. The van der Waals surface area contributed by atoms with Crippen molar-refractivity contribution < 1.29 is 42.9 Å². The van der Waals surface area contributed by atoms with Gasteiger partial charge in [0, 0.05) is 5.39 Å². The lowest BCUT2D eigenvalue weighted by molar-refractivity contribution is -0.138. The van der Waals surface area contributed by atoms with E-state index in [2.05, 4.69) is 15.2 Å². The van der Waals surface area contributed by atoms with E-state index >= 15 is 0 Å². The van der Waals surface area contributed by atoms with Crippen LogP contribution in [0.25, 0.3) is 16.3 Å². The molecule has 0 saturated carbocycles. The molecule has 2 aromatic heterocycles. The van der Waals surface area contributed by atoms with Gasteiger partial charge in [-0.15, -0.1) is 0 Å². The van der Waals surface area contributed by atoms with Crippen LogP contribution in [-0.2, 0) is 18.6 Å². The third kappa shape index (κ3) is 5.01. The first-order valence-corrected chi connectivity index (χ1v) is 13.7. The zero-order valence-electron chi connectivity index (χ0n) is 21.1. The normalized spacial score (nSPS) is 25.1. The predicted molar refractivity (Wildman–Crippen MR) is 140 cm³/mol. The van der Waals surface area contributed by atoms with Crippen LogP contribution in [0.1, 0.15) is 18.7 Å². The standard InChI is InChI=1S/C25H27FN5O8P/c1-14(24(34)35)30-40(36,39-19-8-4-6-15-5-2-3-7-16(15)19)37-12-25(11-26)22(33)20(32)21(38-25)17-9-10-18-23(27)28-13-29-31(17)18/h2-10,13-14,20-22,32-33H,11-12H2,1H3,(H,30,36)(H,34,35)(H2,27,28,29)/t14?,20-,21-,22-,25+,40?/m0/s1. The number of aliphatic carboxylic acids is 1. The van der Waals surface area contributed by atoms with Gasteiger partial charge in [0.15, 0.2) is 5.82 Å². The second kappa shape index (κ2) is 10.7. The number of nitrogen functional groups attached to an aromatic ring is 1. The molecule has 0 amide bonds. The number of nitrogens with zero attached hydrogens (tertiary/aromatic N) is 3. The summed E-state index contributed by atoms with van der Waals surface area (Å²) in [4.78, 5) is 15.4. The van der Waals surface area contributed by atoms with Crippen LogP contribution in [0.15, 0.2) is 60.9 Å². The van der Waals surface area contributed by atoms with Crippen LogP contribution in [0, 0.1) is 0 Å². The molecule has 1 aliphatic heterocycles. The number of nitrogens with one attached hydrogen (secondary N) is 1. The lowest BCUT2D eigenvalue weighted by atomic mass is 9.96. The third-order valence-electron chi connectivity index (χ3n) is 6.73. The van der Waals surface area contributed by atoms with Crippen LogP contribution in [0.3, 0.4) is 0 Å². The first kappa shape index (κ1) is 27.9. The smallest absolute Gasteiger partial charge is 0.459 e. The number of alkyl halides is 1. The fourth-order valence-electron chi connectivity index (χ4n) is 4.54. The van der Waals surface area contributed by atoms with Gasteiger partial charge in [0.25, 0.3) is 0 Å². The van der Waals surface area contributed by atoms with Gasteiger partial charge in [0.1, 0.15) is 54.2 Å². The zero-order valence-corrected chi connectivity index (χ0v) is 22.0. The SMILES string of the molecule is CC(NP(=O)(OC[C@@]1(CF)O[C@@H](c2ccc3c(N)ncnn23)[C@H](O)[C@@H]1O)Oc1cccc2ccccc12)C(=O)O. The van der Waals surface area contributed by atoms with Gasteiger partial charge in [-0.2, -0.15) is 10.2 Å². The van der Waals surface area contributed by atoms with E-state index in [1.54, 1.807) is 42.5 Å². The van der Waals surface area contributed by atoms with Gasteiger partial charge in [-0.3, -0.25) is 9.32 Å². The number of aliphatic hydroxyl groups excluding tert-OH is 2. The maximum Gasteiger partial charge on any atom is 0.459 e. The molecule has 2 aromatic carbocycles. The molecule has 0 bridgehead atoms. The van der Waals surface area contributed by atoms with Gasteiger partial charge in [-0.05, 0) is 30.5 Å². The maximum absolute atomic E-state index is 14.6. The highest BCUT2D eigenvalue weighted by Gasteiger charge is 2.57. The number of nitrogens with two attached hydrogens (primary N) is 1. The fourth-order valence-corrected chi connectivity index (χ4v) is 6.11. The van der Waals surface area contributed by atoms with Crippen molar-refractivity contribution in [1.29, 1.82) is 0 Å². The molecule has 0 spiro atoms. The summed E-state index contributed by atoms with van der Waals surface area (Å²) in [6.45, 7) is -1.01. The Bertz CT molecular complexity index is 1600. The topological polar surface area (TPSA) is 191 Å². The van der Waals surface area contributed by atoms with Gasteiger partial charge in [0.2, 0.25) is 0 Å². The third-order valence-corrected chi connectivity index (χ3v) is 8.34. The van der Waals surface area contributed by atoms with E-state index in [0.717, 1.165) is 5.39 Å². The number of halogens is 1. The molecule has 15 heteroatoms. The summed E-state index contributed by atoms with van der Waals surface area (Å²) in [6.07, 6.45) is -3.57. The molecule has 6 atom stereocenters. The molecule has 6 N–H and O–H groups in total. The van der Waals surface area contributed by atoms with E-state index < -0.39 is 57.0 Å². The Morgan fingerprint density at radius 3 is 2.75 bits per heavy atom. The molecule has 4 aromatic rings. The Morgan fingerprint density at radius 2 is 2.00 bits per heavy atom. The Morgan fingerprint density at radius 1 is 1.25 bits per heavy atom. The highest BCUT2D eigenvalue weighted by molar-refractivity contribution is 7.52. The summed E-state index contributed by atoms with van der Waals surface area (Å²) in [5.74, 6) is -1.08. The van der Waals surface area contributed by atoms with Gasteiger partial charge in [-0.1, -0.05) is 36.4 Å². The molecule has 1 aliphatic rings. The molecule has 13 nitrogen and oxygen atoms in total. The molecule has 3 heterocycles. The summed E-state index contributed by atoms with van der Waals surface area (Å²) in [7, 11) is -4.55. The summed E-state index contributed by atoms with van der Waals surface area (Å²) in [5.41, 5.74) is 4.32. The van der Waals surface area contributed by atoms with Crippen molar-refractivity contribution in [2.75, 3.05) is 19.0 Å². The predicted octanol–water partition coefficient (Wildman–Crippen LogP) is 2.23. The van der Waals surface area contributed by atoms with Crippen LogP contribution < -0.4 is 15.3 Å². The summed E-state index contributed by atoms with van der Waals surface area (Å²) in [5, 5.41) is 38.9. The van der Waals surface area contributed by atoms with Gasteiger partial charge < -0.3 is 30.3 Å². The van der Waals surface area contributed by atoms with E-state index in [4.69, 9.17) is 19.5 Å². The van der Waals surface area contributed by atoms with Gasteiger partial charge in [0.05, 0.1) is 12.3 Å². The largest absolute Gasteiger partial charge is 0.480 e. The van der Waals surface area contributed by atoms with Crippen LogP contribution in [-0.4, -0.2) is 73.0 Å². The highest BCUT2D eigenvalue weighted by atomic mass is 31.2. The van der Waals surface area contributed by atoms with Crippen molar-refractivity contribution in [3.63, 3.8) is 0 Å². The number of anilines is 1. The van der Waals surface area contributed by atoms with Crippen molar-refractivity contribution in [2.24, 2.45) is 0 Å². The Kier molecular flexibility index (Phi) is 7.48. The minimum Gasteiger partial charge on any atom is -0.480 e. The monoisotopic (exact) mass is 575 g/mol. The number of hydrogen-bond donors (Lipinski definition) is 5. The molecule has 0 radical (unpaired) electrons. The maximum atomic E-state index is 14.6. The van der Waals surface area contributed by atoms with Crippen molar-refractivity contribution in [2.45, 2.75) is 36.9 Å². The first-order valence-electron chi connectivity index (χ1n) is 12.2. The van der Waals surface area contributed by atoms with Gasteiger partial charge >= 0.3 is 13.7 Å². The van der Waals surface area contributed by atoms with Crippen LogP contribution >= 0.6 is 7.75 Å². The van der Waals surface area contributed by atoms with E-state index in [9.17, 15) is 29.1 Å². The molecular weight excluding hydrogens is 548 g/mol. The second-order valence-corrected chi connectivity index (χ2v) is 11.1. The van der Waals surface area contributed by atoms with E-state index in [1.807, 2.05) is 0 Å². The van der Waals surface area contributed by atoms with Crippen molar-refractivity contribution in [1.82, 2.24) is 19.7 Å². The molecule has 0 aliphatic carbocycles. The zero-order chi connectivity index (χ0) is 28.7. The summed E-state index contributed by atoms with van der Waals surface area (Å²) in [6, 6.07) is 13.7. The molecule has 1 fully saturated rings. The number of carboxylic acids is 1. The number of fused-ring (bicyclic) bond motifs is 2. The molecule has 1 saturated heterocycles. The number of aromatic nitrogens is 3. The van der Waals surface area contributed by atoms with Crippen LogP contribution in [0.4, 0.5) is 10.2 Å². The number of carboxylic acid groups (broad SMARTS) is 1. The molecular formula is C25H27FN5O8P. The average Bonchev–Trinajstić information content (AvgIpc) is 3.48. The minimum absolute atomic E-state index is 0.114. The number of rotatable bonds is 10. The van der Waals surface area contributed by atoms with Crippen molar-refractivity contribution in [3.05, 3.63) is 66.6 Å². The average molecular weight is 575 g/mol. The lowest BCUT2D eigenvalue weighted by Gasteiger charge is -2.31. The number of benzene rings is 2. The quantitative estimate of drug-likeness (QED) is 0.174. The van der Waals surface area contributed by atoms with Crippen molar-refractivity contribution in [3.8, 4) is 5.75 Å². The number of hydrogen-bond acceptors (Lipinski definition) is 10. The summed E-state index contributed by atoms with van der Waals surface area (Å²) >= 11 is 0. The van der Waals surface area contributed by atoms with Gasteiger partial charge in [-0.25, -0.2) is 18.5 Å². The Hall–Kier alpha value is -3.65. The Balaban J connectivity index is 1.44. The van der Waals surface area contributed by atoms with E-state index in [1.165, 1.54) is 29.9 Å².